The van der Waals surface area contributed by atoms with E-state index in [9.17, 15) is 15.0 Å². The van der Waals surface area contributed by atoms with Gasteiger partial charge in [0.05, 0.1) is 18.6 Å². The maximum absolute atomic E-state index is 11.6. The Bertz CT molecular complexity index is 693. The highest BCUT2D eigenvalue weighted by Crippen LogP contribution is 2.40. The van der Waals surface area contributed by atoms with Gasteiger partial charge in [-0.05, 0) is 0 Å². The summed E-state index contributed by atoms with van der Waals surface area (Å²) in [6.07, 6.45) is -1.84. The van der Waals surface area contributed by atoms with Gasteiger partial charge in [-0.25, -0.2) is 4.98 Å². The molecule has 1 fully saturated rings. The summed E-state index contributed by atoms with van der Waals surface area (Å²) in [5.41, 5.74) is 0.866. The molecule has 4 rings (SSSR count). The van der Waals surface area contributed by atoms with E-state index in [2.05, 4.69) is 15.1 Å². The van der Waals surface area contributed by atoms with E-state index >= 15 is 0 Å². The second-order valence-electron chi connectivity index (χ2n) is 4.57. The third kappa shape index (κ3) is 1.07. The summed E-state index contributed by atoms with van der Waals surface area (Å²) in [4.78, 5) is 18.2. The molecular weight excluding hydrogens is 240 g/mol. The third-order valence-electron chi connectivity index (χ3n) is 3.55. The van der Waals surface area contributed by atoms with Crippen LogP contribution in [0.15, 0.2) is 11.1 Å². The molecule has 0 radical (unpaired) electrons. The first-order valence-electron chi connectivity index (χ1n) is 5.62. The Kier molecular flexibility index (Phi) is 1.79. The van der Waals surface area contributed by atoms with Crippen molar-refractivity contribution in [2.75, 3.05) is 0 Å². The average molecular weight is 250 g/mol. The predicted octanol–water partition coefficient (Wildman–Crippen LogP) is -1.71. The fourth-order valence-electron chi connectivity index (χ4n) is 2.69. The summed E-state index contributed by atoms with van der Waals surface area (Å²) in [5.74, 6) is 0. The molecule has 0 amide bonds. The maximum atomic E-state index is 11.6. The van der Waals surface area contributed by atoms with Gasteiger partial charge in [0, 0.05) is 0 Å². The Morgan fingerprint density at radius 3 is 3.06 bits per heavy atom. The van der Waals surface area contributed by atoms with Gasteiger partial charge in [0.2, 0.25) is 0 Å². The standard InChI is InChI=1S/C10H10N4O4/c15-7-3-1-14-6(9(18-3)8(7)16)4-5(13-14)10(17)12-2-11-4/h2-3,7-9,15-16H,1H2,(H,11,12,17)/t3-,7-,8-,9+/m1/s1. The second-order valence-corrected chi connectivity index (χ2v) is 4.57. The van der Waals surface area contributed by atoms with Crippen LogP contribution in [0.3, 0.4) is 0 Å². The molecule has 0 aromatic carbocycles. The summed E-state index contributed by atoms with van der Waals surface area (Å²) in [6, 6.07) is 0. The van der Waals surface area contributed by atoms with E-state index in [1.807, 2.05) is 0 Å². The number of nitrogens with zero attached hydrogens (tertiary/aromatic N) is 3. The molecule has 18 heavy (non-hydrogen) atoms. The van der Waals surface area contributed by atoms with Gasteiger partial charge in [0.15, 0.2) is 5.52 Å². The van der Waals surface area contributed by atoms with E-state index in [1.54, 1.807) is 4.68 Å². The van der Waals surface area contributed by atoms with Crippen molar-refractivity contribution in [3.8, 4) is 0 Å². The molecule has 8 heteroatoms. The van der Waals surface area contributed by atoms with Crippen LogP contribution in [0.4, 0.5) is 0 Å². The Balaban J connectivity index is 2.02. The van der Waals surface area contributed by atoms with Crippen molar-refractivity contribution in [3.63, 3.8) is 0 Å². The molecule has 0 spiro atoms. The third-order valence-corrected chi connectivity index (χ3v) is 3.55. The van der Waals surface area contributed by atoms with E-state index in [0.717, 1.165) is 0 Å². The predicted molar refractivity (Wildman–Crippen MR) is 57.8 cm³/mol. The second kappa shape index (κ2) is 3.16. The van der Waals surface area contributed by atoms with Crippen molar-refractivity contribution in [2.45, 2.75) is 31.0 Å². The quantitative estimate of drug-likeness (QED) is 0.513. The number of aliphatic hydroxyl groups is 2. The first-order chi connectivity index (χ1) is 8.66. The van der Waals surface area contributed by atoms with E-state index in [-0.39, 0.29) is 11.1 Å². The van der Waals surface area contributed by atoms with Crippen LogP contribution < -0.4 is 5.56 Å². The summed E-state index contributed by atoms with van der Waals surface area (Å²) < 4.78 is 7.13. The normalized spacial score (nSPS) is 33.9. The average Bonchev–Trinajstić information content (AvgIpc) is 2.84. The molecule has 2 aromatic heterocycles. The highest BCUT2D eigenvalue weighted by atomic mass is 16.5. The minimum Gasteiger partial charge on any atom is -0.388 e. The van der Waals surface area contributed by atoms with Gasteiger partial charge in [0.25, 0.3) is 5.56 Å². The van der Waals surface area contributed by atoms with Crippen LogP contribution in [0.1, 0.15) is 11.8 Å². The molecule has 94 valence electrons. The topological polar surface area (TPSA) is 113 Å². The zero-order chi connectivity index (χ0) is 12.4. The monoisotopic (exact) mass is 250 g/mol. The maximum Gasteiger partial charge on any atom is 0.279 e. The first-order valence-corrected chi connectivity index (χ1v) is 5.62. The fourth-order valence-corrected chi connectivity index (χ4v) is 2.69. The number of fused-ring (bicyclic) bond motifs is 6. The van der Waals surface area contributed by atoms with E-state index in [0.29, 0.717) is 17.8 Å². The lowest BCUT2D eigenvalue weighted by Crippen LogP contribution is -2.32. The number of ether oxygens (including phenoxy) is 1. The van der Waals surface area contributed by atoms with Gasteiger partial charge in [-0.2, -0.15) is 5.10 Å². The molecule has 0 saturated carbocycles. The number of rotatable bonds is 0. The molecule has 1 saturated heterocycles. The zero-order valence-corrected chi connectivity index (χ0v) is 9.15. The molecule has 3 N–H and O–H groups in total. The van der Waals surface area contributed by atoms with Crippen molar-refractivity contribution in [1.29, 1.82) is 0 Å². The number of aliphatic hydroxyl groups excluding tert-OH is 2. The van der Waals surface area contributed by atoms with Crippen molar-refractivity contribution in [2.24, 2.45) is 0 Å². The van der Waals surface area contributed by atoms with Gasteiger partial charge in [-0.15, -0.1) is 0 Å². The molecular formula is C10H10N4O4. The molecule has 2 aromatic rings. The number of aromatic nitrogens is 4. The van der Waals surface area contributed by atoms with Crippen molar-refractivity contribution >= 4 is 11.0 Å². The minimum absolute atomic E-state index is 0.227. The van der Waals surface area contributed by atoms with Crippen LogP contribution in [0.2, 0.25) is 0 Å². The summed E-state index contributed by atoms with van der Waals surface area (Å²) in [6.45, 7) is 0.305. The Morgan fingerprint density at radius 1 is 1.39 bits per heavy atom. The summed E-state index contributed by atoms with van der Waals surface area (Å²) >= 11 is 0. The lowest BCUT2D eigenvalue weighted by atomic mass is 10.1. The summed E-state index contributed by atoms with van der Waals surface area (Å²) in [7, 11) is 0. The molecule has 2 aliphatic rings. The zero-order valence-electron chi connectivity index (χ0n) is 9.15. The lowest BCUT2D eigenvalue weighted by Gasteiger charge is -2.22. The van der Waals surface area contributed by atoms with Crippen LogP contribution in [-0.2, 0) is 11.3 Å². The largest absolute Gasteiger partial charge is 0.388 e. The number of hydrogen-bond acceptors (Lipinski definition) is 6. The summed E-state index contributed by atoms with van der Waals surface area (Å²) in [5, 5.41) is 23.9. The number of aromatic amines is 1. The molecule has 4 atom stereocenters. The van der Waals surface area contributed by atoms with Crippen LogP contribution in [0.25, 0.3) is 11.0 Å². The Morgan fingerprint density at radius 2 is 2.22 bits per heavy atom. The Hall–Kier alpha value is -1.77. The van der Waals surface area contributed by atoms with Crippen LogP contribution in [0, 0.1) is 0 Å². The van der Waals surface area contributed by atoms with Crippen molar-refractivity contribution in [3.05, 3.63) is 22.4 Å². The molecule has 2 aliphatic heterocycles. The number of nitrogens with one attached hydrogen (secondary N) is 1. The van der Waals surface area contributed by atoms with Crippen LogP contribution in [-0.4, -0.2) is 48.3 Å². The van der Waals surface area contributed by atoms with E-state index < -0.39 is 24.4 Å². The van der Waals surface area contributed by atoms with E-state index in [4.69, 9.17) is 4.74 Å². The minimum atomic E-state index is -1.02. The van der Waals surface area contributed by atoms with Crippen LogP contribution in [0.5, 0.6) is 0 Å². The highest BCUT2D eigenvalue weighted by Gasteiger charge is 2.49. The smallest absolute Gasteiger partial charge is 0.279 e. The fraction of sp³-hybridized carbons (Fsp3) is 0.500. The number of H-pyrrole nitrogens is 1. The molecule has 2 bridgehead atoms. The van der Waals surface area contributed by atoms with Gasteiger partial charge >= 0.3 is 0 Å². The highest BCUT2D eigenvalue weighted by molar-refractivity contribution is 5.76. The van der Waals surface area contributed by atoms with E-state index in [1.165, 1.54) is 6.33 Å². The molecule has 8 nitrogen and oxygen atoms in total. The van der Waals surface area contributed by atoms with Gasteiger partial charge < -0.3 is 19.9 Å². The Labute approximate surface area is 99.8 Å². The molecule has 4 heterocycles. The van der Waals surface area contributed by atoms with Gasteiger partial charge in [0.1, 0.15) is 29.9 Å². The lowest BCUT2D eigenvalue weighted by molar-refractivity contribution is -0.0273. The number of hydrogen-bond donors (Lipinski definition) is 3. The van der Waals surface area contributed by atoms with Crippen molar-refractivity contribution in [1.82, 2.24) is 19.7 Å². The first kappa shape index (κ1) is 10.2. The molecule has 0 aliphatic carbocycles. The molecule has 0 unspecified atom stereocenters. The van der Waals surface area contributed by atoms with Gasteiger partial charge in [-0.1, -0.05) is 0 Å². The van der Waals surface area contributed by atoms with Crippen LogP contribution >= 0.6 is 0 Å². The van der Waals surface area contributed by atoms with Gasteiger partial charge in [-0.3, -0.25) is 9.48 Å². The SMILES string of the molecule is O=c1[nH]cnc2c3n(nc12)C[C@H]1O[C@@H]3[C@H](O)[C@@H]1O. The van der Waals surface area contributed by atoms with Crippen molar-refractivity contribution < 1.29 is 14.9 Å².